The number of aromatic nitrogens is 1. The van der Waals surface area contributed by atoms with Gasteiger partial charge in [-0.1, -0.05) is 0 Å². The van der Waals surface area contributed by atoms with E-state index in [9.17, 15) is 10.1 Å². The molecule has 88 valence electrons. The number of nitrogens with zero attached hydrogens (tertiary/aromatic N) is 3. The lowest BCUT2D eigenvalue weighted by Crippen LogP contribution is -2.30. The molecule has 0 saturated carbocycles. The largest absolute Gasteiger partial charge is 0.350 e. The van der Waals surface area contributed by atoms with Crippen LogP contribution >= 0.6 is 0 Å². The minimum Gasteiger partial charge on any atom is -0.350 e. The fourth-order valence-corrected chi connectivity index (χ4v) is 1.56. The zero-order valence-corrected chi connectivity index (χ0v) is 9.51. The first-order chi connectivity index (χ1) is 7.61. The molecule has 0 saturated heterocycles. The third-order valence-corrected chi connectivity index (χ3v) is 2.37. The summed E-state index contributed by atoms with van der Waals surface area (Å²) in [6.45, 7) is 5.28. The van der Waals surface area contributed by atoms with Crippen LogP contribution in [-0.2, 0) is 0 Å². The van der Waals surface area contributed by atoms with E-state index in [0.29, 0.717) is 31.0 Å². The summed E-state index contributed by atoms with van der Waals surface area (Å²) in [5, 5.41) is 11.0. The van der Waals surface area contributed by atoms with Crippen molar-refractivity contribution in [2.45, 2.75) is 13.8 Å². The highest BCUT2D eigenvalue weighted by Crippen LogP contribution is 2.28. The molecule has 1 aromatic heterocycles. The van der Waals surface area contributed by atoms with E-state index in [1.807, 2.05) is 11.8 Å². The molecule has 0 aliphatic rings. The van der Waals surface area contributed by atoms with E-state index in [1.165, 1.54) is 0 Å². The van der Waals surface area contributed by atoms with Gasteiger partial charge in [-0.15, -0.1) is 0 Å². The van der Waals surface area contributed by atoms with Gasteiger partial charge in [0.1, 0.15) is 0 Å². The quantitative estimate of drug-likeness (QED) is 0.597. The van der Waals surface area contributed by atoms with Gasteiger partial charge in [-0.2, -0.15) is 0 Å². The molecule has 6 nitrogen and oxygen atoms in total. The predicted molar refractivity (Wildman–Crippen MR) is 62.6 cm³/mol. The van der Waals surface area contributed by atoms with E-state index in [2.05, 4.69) is 4.98 Å². The predicted octanol–water partition coefficient (Wildman–Crippen LogP) is 1.08. The number of likely N-dealkylation sites (N-methyl/N-ethyl adjacent to an activating group) is 1. The van der Waals surface area contributed by atoms with Crippen molar-refractivity contribution in [2.24, 2.45) is 5.73 Å². The number of hydrogen-bond acceptors (Lipinski definition) is 5. The van der Waals surface area contributed by atoms with Crippen LogP contribution in [0.15, 0.2) is 12.3 Å². The minimum absolute atomic E-state index is 0.0674. The second-order valence-electron chi connectivity index (χ2n) is 3.43. The highest BCUT2D eigenvalue weighted by molar-refractivity contribution is 5.61. The average Bonchev–Trinajstić information content (AvgIpc) is 2.25. The van der Waals surface area contributed by atoms with Gasteiger partial charge in [-0.25, -0.2) is 4.98 Å². The van der Waals surface area contributed by atoms with Crippen molar-refractivity contribution < 1.29 is 4.92 Å². The first-order valence-electron chi connectivity index (χ1n) is 5.16. The fraction of sp³-hybridized carbons (Fsp3) is 0.500. The number of aryl methyl sites for hydroxylation is 1. The molecule has 1 aromatic rings. The van der Waals surface area contributed by atoms with Crippen molar-refractivity contribution in [3.05, 3.63) is 27.9 Å². The first kappa shape index (κ1) is 12.4. The smallest absolute Gasteiger partial charge is 0.314 e. The summed E-state index contributed by atoms with van der Waals surface area (Å²) in [5.41, 5.74) is 6.15. The number of nitro groups is 1. The fourth-order valence-electron chi connectivity index (χ4n) is 1.56. The lowest BCUT2D eigenvalue weighted by molar-refractivity contribution is -0.384. The third kappa shape index (κ3) is 2.46. The lowest BCUT2D eigenvalue weighted by Gasteiger charge is -2.20. The molecule has 2 N–H and O–H groups in total. The van der Waals surface area contributed by atoms with Crippen LogP contribution in [-0.4, -0.2) is 29.5 Å². The van der Waals surface area contributed by atoms with Crippen molar-refractivity contribution in [3.8, 4) is 0 Å². The summed E-state index contributed by atoms with van der Waals surface area (Å²) in [6.07, 6.45) is 1.58. The monoisotopic (exact) mass is 224 g/mol. The Kier molecular flexibility index (Phi) is 4.19. The van der Waals surface area contributed by atoms with Crippen LogP contribution < -0.4 is 10.6 Å². The van der Waals surface area contributed by atoms with Gasteiger partial charge in [0.25, 0.3) is 0 Å². The van der Waals surface area contributed by atoms with Crippen molar-refractivity contribution in [1.29, 1.82) is 0 Å². The van der Waals surface area contributed by atoms with Crippen LogP contribution in [0.3, 0.4) is 0 Å². The molecule has 6 heteroatoms. The SMILES string of the molecule is CCN(CCN)c1nccc(C)c1[N+](=O)[O-]. The van der Waals surface area contributed by atoms with Gasteiger partial charge < -0.3 is 10.6 Å². The van der Waals surface area contributed by atoms with E-state index in [1.54, 1.807) is 19.2 Å². The van der Waals surface area contributed by atoms with Gasteiger partial charge in [0.05, 0.1) is 4.92 Å². The van der Waals surface area contributed by atoms with E-state index in [-0.39, 0.29) is 5.69 Å². The molecule has 0 aromatic carbocycles. The maximum absolute atomic E-state index is 11.0. The van der Waals surface area contributed by atoms with Crippen molar-refractivity contribution >= 4 is 11.5 Å². The molecule has 0 radical (unpaired) electrons. The number of rotatable bonds is 5. The molecule has 0 spiro atoms. The number of pyridine rings is 1. The van der Waals surface area contributed by atoms with Gasteiger partial charge >= 0.3 is 5.69 Å². The molecule has 0 aliphatic carbocycles. The van der Waals surface area contributed by atoms with Crippen LogP contribution in [0.5, 0.6) is 0 Å². The highest BCUT2D eigenvalue weighted by Gasteiger charge is 2.22. The summed E-state index contributed by atoms with van der Waals surface area (Å²) >= 11 is 0. The Balaban J connectivity index is 3.20. The third-order valence-electron chi connectivity index (χ3n) is 2.37. The van der Waals surface area contributed by atoms with Gasteiger partial charge in [-0.3, -0.25) is 10.1 Å². The van der Waals surface area contributed by atoms with Crippen LogP contribution in [0.4, 0.5) is 11.5 Å². The van der Waals surface area contributed by atoms with E-state index >= 15 is 0 Å². The molecule has 0 bridgehead atoms. The van der Waals surface area contributed by atoms with Gasteiger partial charge in [0.15, 0.2) is 0 Å². The summed E-state index contributed by atoms with van der Waals surface area (Å²) < 4.78 is 0. The average molecular weight is 224 g/mol. The standard InChI is InChI=1S/C10H16N4O2/c1-3-13(7-5-11)10-9(14(15)16)8(2)4-6-12-10/h4,6H,3,5,7,11H2,1-2H3. The van der Waals surface area contributed by atoms with Crippen molar-refractivity contribution in [2.75, 3.05) is 24.5 Å². The van der Waals surface area contributed by atoms with E-state index in [4.69, 9.17) is 5.73 Å². The van der Waals surface area contributed by atoms with Gasteiger partial charge in [0, 0.05) is 31.4 Å². The summed E-state index contributed by atoms with van der Waals surface area (Å²) in [6, 6.07) is 1.64. The molecule has 0 aliphatic heterocycles. The number of anilines is 1. The Labute approximate surface area is 94.2 Å². The normalized spacial score (nSPS) is 10.2. The maximum atomic E-state index is 11.0. The summed E-state index contributed by atoms with van der Waals surface area (Å²) in [7, 11) is 0. The summed E-state index contributed by atoms with van der Waals surface area (Å²) in [5.74, 6) is 0.401. The number of hydrogen-bond donors (Lipinski definition) is 1. The van der Waals surface area contributed by atoms with Gasteiger partial charge in [-0.05, 0) is 19.9 Å². The molecular formula is C10H16N4O2. The van der Waals surface area contributed by atoms with Crippen LogP contribution in [0.1, 0.15) is 12.5 Å². The molecule has 0 amide bonds. The first-order valence-corrected chi connectivity index (χ1v) is 5.16. The molecule has 16 heavy (non-hydrogen) atoms. The molecule has 0 fully saturated rings. The molecule has 0 unspecified atom stereocenters. The second kappa shape index (κ2) is 5.41. The van der Waals surface area contributed by atoms with Crippen molar-refractivity contribution in [1.82, 2.24) is 4.98 Å². The Bertz CT molecular complexity index is 381. The minimum atomic E-state index is -0.392. The van der Waals surface area contributed by atoms with Crippen LogP contribution in [0, 0.1) is 17.0 Å². The molecular weight excluding hydrogens is 208 g/mol. The topological polar surface area (TPSA) is 85.3 Å². The zero-order valence-electron chi connectivity index (χ0n) is 9.51. The number of nitrogens with two attached hydrogens (primary N) is 1. The van der Waals surface area contributed by atoms with E-state index < -0.39 is 4.92 Å². The lowest BCUT2D eigenvalue weighted by atomic mass is 10.2. The zero-order chi connectivity index (χ0) is 12.1. The maximum Gasteiger partial charge on any atom is 0.314 e. The van der Waals surface area contributed by atoms with Crippen molar-refractivity contribution in [3.63, 3.8) is 0 Å². The van der Waals surface area contributed by atoms with Crippen LogP contribution in [0.2, 0.25) is 0 Å². The van der Waals surface area contributed by atoms with Crippen LogP contribution in [0.25, 0.3) is 0 Å². The Morgan fingerprint density at radius 1 is 1.62 bits per heavy atom. The molecule has 1 rings (SSSR count). The highest BCUT2D eigenvalue weighted by atomic mass is 16.6. The van der Waals surface area contributed by atoms with E-state index in [0.717, 1.165) is 0 Å². The molecule has 1 heterocycles. The Morgan fingerprint density at radius 3 is 2.81 bits per heavy atom. The summed E-state index contributed by atoms with van der Waals surface area (Å²) in [4.78, 5) is 16.5. The Hall–Kier alpha value is -1.69. The second-order valence-corrected chi connectivity index (χ2v) is 3.43. The molecule has 0 atom stereocenters. The Morgan fingerprint density at radius 2 is 2.31 bits per heavy atom. The van der Waals surface area contributed by atoms with Gasteiger partial charge in [0.2, 0.25) is 5.82 Å².